The topological polar surface area (TPSA) is 89.8 Å². The predicted molar refractivity (Wildman–Crippen MR) is 64.9 cm³/mol. The van der Waals surface area contributed by atoms with Crippen LogP contribution in [0.1, 0.15) is 17.4 Å². The maximum absolute atomic E-state index is 8.71. The molecule has 1 unspecified atom stereocenters. The van der Waals surface area contributed by atoms with E-state index in [2.05, 4.69) is 10.1 Å². The van der Waals surface area contributed by atoms with E-state index in [-0.39, 0.29) is 11.9 Å². The molecule has 6 heteroatoms. The average Bonchev–Trinajstić information content (AvgIpc) is 2.89. The summed E-state index contributed by atoms with van der Waals surface area (Å²) in [6.45, 7) is 0.376. The quantitative estimate of drug-likeness (QED) is 0.854. The highest BCUT2D eigenvalue weighted by molar-refractivity contribution is 5.29. The average molecular weight is 243 g/mol. The third kappa shape index (κ3) is 2.31. The molecule has 1 aromatic carbocycles. The molecule has 0 aliphatic heterocycles. The zero-order chi connectivity index (χ0) is 13.0. The van der Waals surface area contributed by atoms with Crippen molar-refractivity contribution in [1.82, 2.24) is 14.8 Å². The lowest BCUT2D eigenvalue weighted by molar-refractivity contribution is 0.414. The fraction of sp³-hybridized carbons (Fsp3) is 0.250. The molecule has 0 radical (unpaired) electrons. The Labute approximate surface area is 105 Å². The highest BCUT2D eigenvalue weighted by Crippen LogP contribution is 2.19. The van der Waals surface area contributed by atoms with Gasteiger partial charge in [-0.1, -0.05) is 12.1 Å². The number of benzene rings is 1. The van der Waals surface area contributed by atoms with Gasteiger partial charge in [0, 0.05) is 6.54 Å². The van der Waals surface area contributed by atoms with Crippen molar-refractivity contribution in [3.8, 4) is 11.8 Å². The van der Waals surface area contributed by atoms with Gasteiger partial charge in [0.1, 0.15) is 18.1 Å². The molecule has 6 nitrogen and oxygen atoms in total. The summed E-state index contributed by atoms with van der Waals surface area (Å²) >= 11 is 0. The first-order valence-corrected chi connectivity index (χ1v) is 5.43. The SMILES string of the molecule is COc1ccc(C(CN)n2cnc(C#N)n2)cc1. The van der Waals surface area contributed by atoms with Crippen LogP contribution >= 0.6 is 0 Å². The third-order valence-corrected chi connectivity index (χ3v) is 2.65. The molecule has 0 saturated heterocycles. The van der Waals surface area contributed by atoms with Crippen molar-refractivity contribution in [3.05, 3.63) is 42.0 Å². The van der Waals surface area contributed by atoms with E-state index in [9.17, 15) is 0 Å². The molecule has 1 atom stereocenters. The monoisotopic (exact) mass is 243 g/mol. The Morgan fingerprint density at radius 3 is 2.67 bits per heavy atom. The van der Waals surface area contributed by atoms with E-state index < -0.39 is 0 Å². The summed E-state index contributed by atoms with van der Waals surface area (Å²) in [7, 11) is 1.62. The molecule has 0 aliphatic carbocycles. The number of hydrogen-bond acceptors (Lipinski definition) is 5. The van der Waals surface area contributed by atoms with Gasteiger partial charge in [-0.25, -0.2) is 9.67 Å². The van der Waals surface area contributed by atoms with Gasteiger partial charge in [0.25, 0.3) is 5.82 Å². The van der Waals surface area contributed by atoms with E-state index in [1.807, 2.05) is 30.3 Å². The van der Waals surface area contributed by atoms with Gasteiger partial charge in [-0.2, -0.15) is 5.26 Å². The standard InChI is InChI=1S/C12H13N5O/c1-18-10-4-2-9(3-5-10)11(6-13)17-8-15-12(7-14)16-17/h2-5,8,11H,6,13H2,1H3. The number of rotatable bonds is 4. The van der Waals surface area contributed by atoms with E-state index in [4.69, 9.17) is 15.7 Å². The number of aromatic nitrogens is 3. The zero-order valence-corrected chi connectivity index (χ0v) is 9.95. The minimum absolute atomic E-state index is 0.134. The van der Waals surface area contributed by atoms with Crippen LogP contribution in [0, 0.1) is 11.3 Å². The van der Waals surface area contributed by atoms with Crippen LogP contribution in [-0.4, -0.2) is 28.4 Å². The smallest absolute Gasteiger partial charge is 0.252 e. The summed E-state index contributed by atoms with van der Waals surface area (Å²) in [5, 5.41) is 12.8. The minimum atomic E-state index is -0.134. The molecule has 0 aliphatic rings. The molecule has 0 fully saturated rings. The van der Waals surface area contributed by atoms with Crippen LogP contribution in [0.25, 0.3) is 0 Å². The van der Waals surface area contributed by atoms with Crippen LogP contribution in [0.4, 0.5) is 0 Å². The lowest BCUT2D eigenvalue weighted by Crippen LogP contribution is -2.21. The van der Waals surface area contributed by atoms with E-state index >= 15 is 0 Å². The van der Waals surface area contributed by atoms with Crippen LogP contribution in [0.15, 0.2) is 30.6 Å². The lowest BCUT2D eigenvalue weighted by atomic mass is 10.1. The molecule has 2 aromatic rings. The first-order chi connectivity index (χ1) is 8.78. The van der Waals surface area contributed by atoms with Crippen molar-refractivity contribution in [2.75, 3.05) is 13.7 Å². The highest BCUT2D eigenvalue weighted by Gasteiger charge is 2.14. The van der Waals surface area contributed by atoms with Gasteiger partial charge in [-0.3, -0.25) is 0 Å². The van der Waals surface area contributed by atoms with Crippen molar-refractivity contribution in [2.24, 2.45) is 5.73 Å². The van der Waals surface area contributed by atoms with Gasteiger partial charge in [-0.15, -0.1) is 5.10 Å². The molecule has 2 rings (SSSR count). The van der Waals surface area contributed by atoms with E-state index in [0.717, 1.165) is 11.3 Å². The summed E-state index contributed by atoms with van der Waals surface area (Å²) in [5.74, 6) is 0.924. The van der Waals surface area contributed by atoms with Gasteiger partial charge in [0.15, 0.2) is 0 Å². The van der Waals surface area contributed by atoms with Crippen LogP contribution in [0.3, 0.4) is 0 Å². The minimum Gasteiger partial charge on any atom is -0.497 e. The largest absolute Gasteiger partial charge is 0.497 e. The van der Waals surface area contributed by atoms with E-state index in [1.165, 1.54) is 6.33 Å². The Kier molecular flexibility index (Phi) is 3.55. The van der Waals surface area contributed by atoms with Crippen LogP contribution in [0.2, 0.25) is 0 Å². The Balaban J connectivity index is 2.29. The predicted octanol–water partition coefficient (Wildman–Crippen LogP) is 0.706. The van der Waals surface area contributed by atoms with Gasteiger partial charge in [0.2, 0.25) is 0 Å². The Hall–Kier alpha value is -2.39. The summed E-state index contributed by atoms with van der Waals surface area (Å²) < 4.78 is 6.70. The first kappa shape index (κ1) is 12.1. The van der Waals surface area contributed by atoms with Crippen molar-refractivity contribution < 1.29 is 4.74 Å². The Bertz CT molecular complexity index is 555. The van der Waals surface area contributed by atoms with Gasteiger partial charge < -0.3 is 10.5 Å². The van der Waals surface area contributed by atoms with Gasteiger partial charge in [-0.05, 0) is 17.7 Å². The summed E-state index contributed by atoms with van der Waals surface area (Å²) in [6.07, 6.45) is 1.51. The summed E-state index contributed by atoms with van der Waals surface area (Å²) in [5.41, 5.74) is 6.75. The van der Waals surface area contributed by atoms with E-state index in [1.54, 1.807) is 11.8 Å². The van der Waals surface area contributed by atoms with Gasteiger partial charge in [0.05, 0.1) is 13.2 Å². The Morgan fingerprint density at radius 1 is 1.44 bits per heavy atom. The molecular weight excluding hydrogens is 230 g/mol. The second-order valence-corrected chi connectivity index (χ2v) is 3.68. The van der Waals surface area contributed by atoms with Crippen molar-refractivity contribution in [3.63, 3.8) is 0 Å². The molecule has 0 saturated carbocycles. The molecule has 18 heavy (non-hydrogen) atoms. The molecule has 2 N–H and O–H groups in total. The van der Waals surface area contributed by atoms with Crippen molar-refractivity contribution in [1.29, 1.82) is 5.26 Å². The Morgan fingerprint density at radius 2 is 2.17 bits per heavy atom. The lowest BCUT2D eigenvalue weighted by Gasteiger charge is -2.15. The fourth-order valence-corrected chi connectivity index (χ4v) is 1.70. The molecule has 0 amide bonds. The van der Waals surface area contributed by atoms with Crippen LogP contribution in [-0.2, 0) is 0 Å². The molecule has 0 spiro atoms. The number of methoxy groups -OCH3 is 1. The molecule has 1 aromatic heterocycles. The number of nitriles is 1. The first-order valence-electron chi connectivity index (χ1n) is 5.43. The highest BCUT2D eigenvalue weighted by atomic mass is 16.5. The zero-order valence-electron chi connectivity index (χ0n) is 9.95. The van der Waals surface area contributed by atoms with Gasteiger partial charge >= 0.3 is 0 Å². The molecule has 92 valence electrons. The third-order valence-electron chi connectivity index (χ3n) is 2.65. The molecule has 1 heterocycles. The second kappa shape index (κ2) is 5.29. The van der Waals surface area contributed by atoms with Crippen LogP contribution < -0.4 is 10.5 Å². The van der Waals surface area contributed by atoms with Crippen LogP contribution in [0.5, 0.6) is 5.75 Å². The number of nitrogens with zero attached hydrogens (tertiary/aromatic N) is 4. The maximum Gasteiger partial charge on any atom is 0.252 e. The molecule has 0 bridgehead atoms. The fourth-order valence-electron chi connectivity index (χ4n) is 1.70. The number of ether oxygens (including phenoxy) is 1. The summed E-state index contributed by atoms with van der Waals surface area (Å²) in [4.78, 5) is 3.87. The maximum atomic E-state index is 8.71. The normalized spacial score (nSPS) is 11.8. The van der Waals surface area contributed by atoms with Crippen molar-refractivity contribution in [2.45, 2.75) is 6.04 Å². The van der Waals surface area contributed by atoms with E-state index in [0.29, 0.717) is 6.54 Å². The second-order valence-electron chi connectivity index (χ2n) is 3.68. The number of nitrogens with two attached hydrogens (primary N) is 1. The van der Waals surface area contributed by atoms with Crippen molar-refractivity contribution >= 4 is 0 Å². The number of hydrogen-bond donors (Lipinski definition) is 1. The summed E-state index contributed by atoms with van der Waals surface area (Å²) in [6, 6.07) is 9.32. The molecular formula is C12H13N5O.